The van der Waals surface area contributed by atoms with Crippen LogP contribution >= 0.6 is 23.4 Å². The molecule has 120 valence electrons. The fourth-order valence-electron chi connectivity index (χ4n) is 2.34. The predicted octanol–water partition coefficient (Wildman–Crippen LogP) is 3.49. The highest BCUT2D eigenvalue weighted by Crippen LogP contribution is 2.24. The number of nitrogen functional groups attached to an aromatic ring is 1. The second kappa shape index (κ2) is 7.06. The van der Waals surface area contributed by atoms with Gasteiger partial charge in [-0.3, -0.25) is 0 Å². The molecule has 0 fully saturated rings. The van der Waals surface area contributed by atoms with Gasteiger partial charge in [-0.15, -0.1) is 0 Å². The molecule has 0 saturated carbocycles. The average molecular weight is 349 g/mol. The van der Waals surface area contributed by atoms with E-state index in [1.807, 2.05) is 24.3 Å². The number of para-hydroxylation sites is 2. The Morgan fingerprint density at radius 3 is 2.87 bits per heavy atom. The molecule has 0 aliphatic heterocycles. The lowest BCUT2D eigenvalue weighted by molar-refractivity contribution is 0.709. The molecule has 1 atom stereocenters. The van der Waals surface area contributed by atoms with Crippen molar-refractivity contribution in [2.45, 2.75) is 12.5 Å². The lowest BCUT2D eigenvalue weighted by Crippen LogP contribution is -2.15. The first-order valence-corrected chi connectivity index (χ1v) is 8.93. The van der Waals surface area contributed by atoms with E-state index in [2.05, 4.69) is 31.5 Å². The lowest BCUT2D eigenvalue weighted by atomic mass is 10.2. The molecule has 6 nitrogen and oxygen atoms in total. The summed E-state index contributed by atoms with van der Waals surface area (Å²) in [5, 5.41) is 3.66. The number of H-pyrrole nitrogens is 1. The SMILES string of the molecule is CSCCC(Nc1cc(Cl)nc(N)n1)c1nc2ccccc2[nH]1. The van der Waals surface area contributed by atoms with Crippen molar-refractivity contribution >= 4 is 46.2 Å². The molecule has 0 bridgehead atoms. The van der Waals surface area contributed by atoms with Gasteiger partial charge in [0.2, 0.25) is 5.95 Å². The van der Waals surface area contributed by atoms with Crippen LogP contribution in [0.5, 0.6) is 0 Å². The molecule has 4 N–H and O–H groups in total. The molecular weight excluding hydrogens is 332 g/mol. The van der Waals surface area contributed by atoms with Crippen LogP contribution in [-0.2, 0) is 0 Å². The van der Waals surface area contributed by atoms with Gasteiger partial charge >= 0.3 is 0 Å². The minimum atomic E-state index is -0.0137. The number of halogens is 1. The zero-order valence-corrected chi connectivity index (χ0v) is 14.2. The van der Waals surface area contributed by atoms with Crippen molar-refractivity contribution in [1.29, 1.82) is 0 Å². The Labute approximate surface area is 143 Å². The summed E-state index contributed by atoms with van der Waals surface area (Å²) in [7, 11) is 0. The molecule has 0 aliphatic rings. The average Bonchev–Trinajstić information content (AvgIpc) is 2.94. The number of benzene rings is 1. The molecule has 2 heterocycles. The molecule has 8 heteroatoms. The van der Waals surface area contributed by atoms with Crippen LogP contribution in [0, 0.1) is 0 Å². The molecule has 1 unspecified atom stereocenters. The maximum Gasteiger partial charge on any atom is 0.223 e. The van der Waals surface area contributed by atoms with Gasteiger partial charge in [0.1, 0.15) is 16.8 Å². The van der Waals surface area contributed by atoms with Crippen LogP contribution in [-0.4, -0.2) is 31.9 Å². The van der Waals surface area contributed by atoms with E-state index in [1.54, 1.807) is 17.8 Å². The monoisotopic (exact) mass is 348 g/mol. The first kappa shape index (κ1) is 15.9. The van der Waals surface area contributed by atoms with Crippen LogP contribution in [0.25, 0.3) is 11.0 Å². The minimum Gasteiger partial charge on any atom is -0.368 e. The highest BCUT2D eigenvalue weighted by Gasteiger charge is 2.16. The Balaban J connectivity index is 1.90. The molecular formula is C15H17ClN6S. The summed E-state index contributed by atoms with van der Waals surface area (Å²) in [6, 6.07) is 9.60. The zero-order valence-electron chi connectivity index (χ0n) is 12.6. The van der Waals surface area contributed by atoms with Gasteiger partial charge in [-0.1, -0.05) is 23.7 Å². The highest BCUT2D eigenvalue weighted by atomic mass is 35.5. The summed E-state index contributed by atoms with van der Waals surface area (Å²) in [4.78, 5) is 16.1. The van der Waals surface area contributed by atoms with Crippen LogP contribution in [0.3, 0.4) is 0 Å². The van der Waals surface area contributed by atoms with Gasteiger partial charge < -0.3 is 16.0 Å². The third kappa shape index (κ3) is 3.86. The first-order valence-electron chi connectivity index (χ1n) is 7.16. The molecule has 0 aliphatic carbocycles. The normalized spacial score (nSPS) is 12.4. The van der Waals surface area contributed by atoms with Gasteiger partial charge in [0.15, 0.2) is 0 Å². The number of hydrogen-bond acceptors (Lipinski definition) is 6. The van der Waals surface area contributed by atoms with E-state index < -0.39 is 0 Å². The van der Waals surface area contributed by atoms with Gasteiger partial charge in [-0.25, -0.2) is 9.97 Å². The van der Waals surface area contributed by atoms with E-state index >= 15 is 0 Å². The molecule has 0 spiro atoms. The van der Waals surface area contributed by atoms with Gasteiger partial charge in [0.05, 0.1) is 17.1 Å². The van der Waals surface area contributed by atoms with Crippen molar-refractivity contribution < 1.29 is 0 Å². The highest BCUT2D eigenvalue weighted by molar-refractivity contribution is 7.98. The third-order valence-electron chi connectivity index (χ3n) is 3.38. The van der Waals surface area contributed by atoms with Crippen LogP contribution < -0.4 is 11.1 Å². The molecule has 3 aromatic rings. The predicted molar refractivity (Wildman–Crippen MR) is 96.9 cm³/mol. The van der Waals surface area contributed by atoms with Crippen LogP contribution in [0.15, 0.2) is 30.3 Å². The van der Waals surface area contributed by atoms with E-state index in [-0.39, 0.29) is 12.0 Å². The zero-order chi connectivity index (χ0) is 16.2. The number of imidazole rings is 1. The number of nitrogens with two attached hydrogens (primary N) is 1. The molecule has 3 rings (SSSR count). The van der Waals surface area contributed by atoms with E-state index in [1.165, 1.54) is 0 Å². The second-order valence-electron chi connectivity index (χ2n) is 5.05. The second-order valence-corrected chi connectivity index (χ2v) is 6.42. The summed E-state index contributed by atoms with van der Waals surface area (Å²) in [5.41, 5.74) is 7.62. The Morgan fingerprint density at radius 1 is 1.30 bits per heavy atom. The molecule has 0 radical (unpaired) electrons. The molecule has 2 aromatic heterocycles. The van der Waals surface area contributed by atoms with E-state index in [4.69, 9.17) is 17.3 Å². The number of thioether (sulfide) groups is 1. The fraction of sp³-hybridized carbons (Fsp3) is 0.267. The Bertz CT molecular complexity index is 752. The summed E-state index contributed by atoms with van der Waals surface area (Å²) >= 11 is 7.73. The first-order chi connectivity index (χ1) is 11.2. The third-order valence-corrected chi connectivity index (χ3v) is 4.22. The number of fused-ring (bicyclic) bond motifs is 1. The van der Waals surface area contributed by atoms with Crippen molar-refractivity contribution in [2.24, 2.45) is 0 Å². The van der Waals surface area contributed by atoms with Crippen molar-refractivity contribution in [2.75, 3.05) is 23.1 Å². The number of anilines is 2. The van der Waals surface area contributed by atoms with Crippen molar-refractivity contribution in [3.63, 3.8) is 0 Å². The maximum atomic E-state index is 5.95. The number of rotatable bonds is 6. The molecule has 23 heavy (non-hydrogen) atoms. The molecule has 0 saturated heterocycles. The van der Waals surface area contributed by atoms with Crippen molar-refractivity contribution in [1.82, 2.24) is 19.9 Å². The lowest BCUT2D eigenvalue weighted by Gasteiger charge is -2.17. The van der Waals surface area contributed by atoms with Gasteiger partial charge in [0, 0.05) is 6.07 Å². The Hall–Kier alpha value is -1.99. The number of aromatic amines is 1. The summed E-state index contributed by atoms with van der Waals surface area (Å²) < 4.78 is 0. The molecule has 1 aromatic carbocycles. The topological polar surface area (TPSA) is 92.5 Å². The van der Waals surface area contributed by atoms with Crippen molar-refractivity contribution in [3.8, 4) is 0 Å². The maximum absolute atomic E-state index is 5.95. The van der Waals surface area contributed by atoms with Crippen LogP contribution in [0.2, 0.25) is 5.15 Å². The van der Waals surface area contributed by atoms with E-state index in [0.29, 0.717) is 11.0 Å². The standard InChI is InChI=1S/C15H17ClN6S/c1-23-7-6-11(18-13-8-12(16)21-15(17)22-13)14-19-9-4-2-3-5-10(9)20-14/h2-5,8,11H,6-7H2,1H3,(H,19,20)(H3,17,18,21,22). The number of nitrogens with zero attached hydrogens (tertiary/aromatic N) is 3. The van der Waals surface area contributed by atoms with Crippen LogP contribution in [0.1, 0.15) is 18.3 Å². The minimum absolute atomic E-state index is 0.0137. The van der Waals surface area contributed by atoms with E-state index in [0.717, 1.165) is 29.0 Å². The smallest absolute Gasteiger partial charge is 0.223 e. The summed E-state index contributed by atoms with van der Waals surface area (Å²) in [6.45, 7) is 0. The van der Waals surface area contributed by atoms with Crippen molar-refractivity contribution in [3.05, 3.63) is 41.3 Å². The largest absolute Gasteiger partial charge is 0.368 e. The summed E-state index contributed by atoms with van der Waals surface area (Å²) in [5.74, 6) is 2.60. The fourth-order valence-corrected chi connectivity index (χ4v) is 3.00. The van der Waals surface area contributed by atoms with Gasteiger partial charge in [-0.05, 0) is 30.6 Å². The molecule has 0 amide bonds. The Kier molecular flexibility index (Phi) is 4.88. The number of hydrogen-bond donors (Lipinski definition) is 3. The van der Waals surface area contributed by atoms with Gasteiger partial charge in [-0.2, -0.15) is 16.7 Å². The number of nitrogens with one attached hydrogen (secondary N) is 2. The van der Waals surface area contributed by atoms with Crippen LogP contribution in [0.4, 0.5) is 11.8 Å². The van der Waals surface area contributed by atoms with Gasteiger partial charge in [0.25, 0.3) is 0 Å². The summed E-state index contributed by atoms with van der Waals surface area (Å²) in [6.07, 6.45) is 2.97. The Morgan fingerprint density at radius 2 is 2.13 bits per heavy atom. The number of aromatic nitrogens is 4. The quantitative estimate of drug-likeness (QED) is 0.590. The van der Waals surface area contributed by atoms with E-state index in [9.17, 15) is 0 Å².